The summed E-state index contributed by atoms with van der Waals surface area (Å²) in [6, 6.07) is 3.04. The van der Waals surface area contributed by atoms with Gasteiger partial charge in [0.1, 0.15) is 13.2 Å². The third kappa shape index (κ3) is 5.51. The molecule has 8 heteroatoms. The zero-order chi connectivity index (χ0) is 18.4. The van der Waals surface area contributed by atoms with E-state index in [1.807, 2.05) is 19.9 Å². The van der Waals surface area contributed by atoms with Gasteiger partial charge in [-0.25, -0.2) is 0 Å². The molecule has 0 spiro atoms. The highest BCUT2D eigenvalue weighted by molar-refractivity contribution is 6.32. The summed E-state index contributed by atoms with van der Waals surface area (Å²) in [4.78, 5) is 23.5. The van der Waals surface area contributed by atoms with Gasteiger partial charge in [-0.05, 0) is 30.0 Å². The molecule has 1 atom stereocenters. The van der Waals surface area contributed by atoms with E-state index in [4.69, 9.17) is 26.8 Å². The summed E-state index contributed by atoms with van der Waals surface area (Å²) >= 11 is 6.18. The molecule has 0 fully saturated rings. The Morgan fingerprint density at radius 1 is 1.24 bits per heavy atom. The van der Waals surface area contributed by atoms with Gasteiger partial charge >= 0.3 is 0 Å². The van der Waals surface area contributed by atoms with E-state index in [1.165, 1.54) is 0 Å². The van der Waals surface area contributed by atoms with Gasteiger partial charge in [0.05, 0.1) is 17.6 Å². The zero-order valence-corrected chi connectivity index (χ0v) is 15.2. The minimum Gasteiger partial charge on any atom is -0.486 e. The fourth-order valence-corrected chi connectivity index (χ4v) is 2.59. The van der Waals surface area contributed by atoms with E-state index in [9.17, 15) is 9.59 Å². The fraction of sp³-hybridized carbons (Fsp3) is 0.529. The number of hydrogen-bond donors (Lipinski definition) is 3. The number of ether oxygens (including phenoxy) is 2. The van der Waals surface area contributed by atoms with E-state index in [0.29, 0.717) is 42.7 Å². The molecule has 0 aromatic heterocycles. The lowest BCUT2D eigenvalue weighted by Gasteiger charge is -2.20. The van der Waals surface area contributed by atoms with Crippen LogP contribution in [0, 0.1) is 5.92 Å². The number of nitrogens with two attached hydrogens (primary N) is 1. The van der Waals surface area contributed by atoms with Gasteiger partial charge in [-0.1, -0.05) is 25.4 Å². The lowest BCUT2D eigenvalue weighted by atomic mass is 10.1. The standard InChI is InChI=1S/C17H24ClN3O4/c1-10(2)15(19)17(23)21-9-14(22)20-4-3-11-7-12(18)16-13(8-11)24-5-6-25-16/h7-8,10,15H,3-6,9,19H2,1-2H3,(H,20,22)(H,21,23)/t15-/m0/s1. The summed E-state index contributed by atoms with van der Waals surface area (Å²) in [6.45, 7) is 4.99. The summed E-state index contributed by atoms with van der Waals surface area (Å²) in [5.74, 6) is 0.597. The van der Waals surface area contributed by atoms with E-state index in [1.54, 1.807) is 6.07 Å². The molecule has 0 aliphatic carbocycles. The van der Waals surface area contributed by atoms with Crippen LogP contribution in [0.2, 0.25) is 5.02 Å². The number of carbonyl (C=O) groups is 2. The number of hydrogen-bond acceptors (Lipinski definition) is 5. The lowest BCUT2D eigenvalue weighted by Crippen LogP contribution is -2.47. The summed E-state index contributed by atoms with van der Waals surface area (Å²) in [6.07, 6.45) is 0.585. The van der Waals surface area contributed by atoms with Crippen molar-refractivity contribution in [3.63, 3.8) is 0 Å². The lowest BCUT2D eigenvalue weighted by molar-refractivity contribution is -0.127. The minimum absolute atomic E-state index is 0.0167. The predicted octanol–water partition coefficient (Wildman–Crippen LogP) is 0.869. The van der Waals surface area contributed by atoms with Crippen molar-refractivity contribution in [1.82, 2.24) is 10.6 Å². The fourth-order valence-electron chi connectivity index (χ4n) is 2.31. The molecule has 25 heavy (non-hydrogen) atoms. The first kappa shape index (κ1) is 19.3. The van der Waals surface area contributed by atoms with Gasteiger partial charge in [0.15, 0.2) is 11.5 Å². The number of carbonyl (C=O) groups excluding carboxylic acids is 2. The molecule has 0 unspecified atom stereocenters. The van der Waals surface area contributed by atoms with E-state index in [0.717, 1.165) is 5.56 Å². The number of halogens is 1. The first-order valence-corrected chi connectivity index (χ1v) is 8.64. The minimum atomic E-state index is -0.618. The number of fused-ring (bicyclic) bond motifs is 1. The first-order valence-electron chi connectivity index (χ1n) is 8.26. The van der Waals surface area contributed by atoms with Gasteiger partial charge in [-0.15, -0.1) is 0 Å². The number of rotatable bonds is 7. The quantitative estimate of drug-likeness (QED) is 0.661. The second kappa shape index (κ2) is 8.92. The maximum Gasteiger partial charge on any atom is 0.239 e. The van der Waals surface area contributed by atoms with Crippen LogP contribution in [-0.4, -0.2) is 44.2 Å². The van der Waals surface area contributed by atoms with Crippen LogP contribution in [0.15, 0.2) is 12.1 Å². The van der Waals surface area contributed by atoms with Crippen molar-refractivity contribution in [3.8, 4) is 11.5 Å². The second-order valence-corrected chi connectivity index (χ2v) is 6.60. The molecular weight excluding hydrogens is 346 g/mol. The topological polar surface area (TPSA) is 103 Å². The summed E-state index contributed by atoms with van der Waals surface area (Å²) in [7, 11) is 0. The molecule has 0 saturated heterocycles. The normalized spacial score (nSPS) is 14.1. The first-order chi connectivity index (χ1) is 11.9. The molecule has 1 aromatic rings. The van der Waals surface area contributed by atoms with Crippen molar-refractivity contribution in [2.75, 3.05) is 26.3 Å². The van der Waals surface area contributed by atoms with Crippen molar-refractivity contribution in [2.24, 2.45) is 11.7 Å². The van der Waals surface area contributed by atoms with Crippen LogP contribution >= 0.6 is 11.6 Å². The molecule has 0 radical (unpaired) electrons. The molecule has 2 amide bonds. The van der Waals surface area contributed by atoms with Gasteiger partial charge in [0.25, 0.3) is 0 Å². The van der Waals surface area contributed by atoms with Gasteiger partial charge in [-0.3, -0.25) is 9.59 Å². The van der Waals surface area contributed by atoms with Crippen LogP contribution in [0.5, 0.6) is 11.5 Å². The van der Waals surface area contributed by atoms with E-state index < -0.39 is 6.04 Å². The van der Waals surface area contributed by atoms with Crippen molar-refractivity contribution in [2.45, 2.75) is 26.3 Å². The Kier molecular flexibility index (Phi) is 6.90. The molecule has 2 rings (SSSR count). The molecular formula is C17H24ClN3O4. The highest BCUT2D eigenvalue weighted by Crippen LogP contribution is 2.38. The Balaban J connectivity index is 1.76. The monoisotopic (exact) mass is 369 g/mol. The Hall–Kier alpha value is -1.99. The van der Waals surface area contributed by atoms with Crippen molar-refractivity contribution >= 4 is 23.4 Å². The molecule has 1 aliphatic heterocycles. The van der Waals surface area contributed by atoms with E-state index in [-0.39, 0.29) is 24.3 Å². The van der Waals surface area contributed by atoms with E-state index >= 15 is 0 Å². The van der Waals surface area contributed by atoms with Crippen LogP contribution < -0.4 is 25.8 Å². The molecule has 0 saturated carbocycles. The Labute approximate surface area is 152 Å². The van der Waals surface area contributed by atoms with Crippen LogP contribution in [0.1, 0.15) is 19.4 Å². The number of amides is 2. The zero-order valence-electron chi connectivity index (χ0n) is 14.4. The number of nitrogens with one attached hydrogen (secondary N) is 2. The molecule has 4 N–H and O–H groups in total. The largest absolute Gasteiger partial charge is 0.486 e. The average Bonchev–Trinajstić information content (AvgIpc) is 2.59. The molecule has 1 heterocycles. The molecule has 1 aliphatic rings. The molecule has 7 nitrogen and oxygen atoms in total. The smallest absolute Gasteiger partial charge is 0.239 e. The SMILES string of the molecule is CC(C)[C@H](N)C(=O)NCC(=O)NCCc1cc(Cl)c2c(c1)OCCO2. The van der Waals surface area contributed by atoms with Crippen LogP contribution in [0.25, 0.3) is 0 Å². The van der Waals surface area contributed by atoms with Crippen LogP contribution in [0.4, 0.5) is 0 Å². The van der Waals surface area contributed by atoms with Crippen LogP contribution in [-0.2, 0) is 16.0 Å². The Morgan fingerprint density at radius 2 is 1.96 bits per heavy atom. The summed E-state index contributed by atoms with van der Waals surface area (Å²) in [5, 5.41) is 5.77. The van der Waals surface area contributed by atoms with Crippen molar-refractivity contribution in [3.05, 3.63) is 22.7 Å². The van der Waals surface area contributed by atoms with Crippen LogP contribution in [0.3, 0.4) is 0 Å². The Bertz CT molecular complexity index is 637. The maximum atomic E-state index is 11.8. The predicted molar refractivity (Wildman–Crippen MR) is 95.0 cm³/mol. The van der Waals surface area contributed by atoms with Crippen molar-refractivity contribution < 1.29 is 19.1 Å². The number of benzene rings is 1. The summed E-state index contributed by atoms with van der Waals surface area (Å²) in [5.41, 5.74) is 6.64. The Morgan fingerprint density at radius 3 is 2.68 bits per heavy atom. The van der Waals surface area contributed by atoms with E-state index in [2.05, 4.69) is 10.6 Å². The maximum absolute atomic E-state index is 11.8. The average molecular weight is 370 g/mol. The highest BCUT2D eigenvalue weighted by Gasteiger charge is 2.18. The van der Waals surface area contributed by atoms with Crippen molar-refractivity contribution in [1.29, 1.82) is 0 Å². The summed E-state index contributed by atoms with van der Waals surface area (Å²) < 4.78 is 11.0. The molecule has 138 valence electrons. The molecule has 1 aromatic carbocycles. The second-order valence-electron chi connectivity index (χ2n) is 6.19. The van der Waals surface area contributed by atoms with Gasteiger partial charge in [0, 0.05) is 6.54 Å². The third-order valence-electron chi connectivity index (χ3n) is 3.84. The highest BCUT2D eigenvalue weighted by atomic mass is 35.5. The third-order valence-corrected chi connectivity index (χ3v) is 4.12. The van der Waals surface area contributed by atoms with Gasteiger partial charge < -0.3 is 25.8 Å². The van der Waals surface area contributed by atoms with Gasteiger partial charge in [-0.2, -0.15) is 0 Å². The molecule has 0 bridgehead atoms. The van der Waals surface area contributed by atoms with Gasteiger partial charge in [0.2, 0.25) is 11.8 Å².